The van der Waals surface area contributed by atoms with Gasteiger partial charge in [0, 0.05) is 18.2 Å². The second-order valence-corrected chi connectivity index (χ2v) is 10.6. The lowest BCUT2D eigenvalue weighted by Crippen LogP contribution is -2.53. The minimum Gasteiger partial charge on any atom is -0.354 e. The zero-order valence-electron chi connectivity index (χ0n) is 18.1. The Morgan fingerprint density at radius 2 is 1.97 bits per heavy atom. The summed E-state index contributed by atoms with van der Waals surface area (Å²) in [5.74, 6) is 4.76. The average molecular weight is 423 g/mol. The summed E-state index contributed by atoms with van der Waals surface area (Å²) in [5.41, 5.74) is 4.34. The summed E-state index contributed by atoms with van der Waals surface area (Å²) in [4.78, 5) is 18.4. The number of anilines is 3. The normalized spacial score (nSPS) is 24.6. The van der Waals surface area contributed by atoms with Crippen LogP contribution in [0.25, 0.3) is 10.2 Å². The van der Waals surface area contributed by atoms with Gasteiger partial charge in [-0.3, -0.25) is 0 Å². The quantitative estimate of drug-likeness (QED) is 0.520. The third-order valence-electron chi connectivity index (χ3n) is 7.28. The minimum absolute atomic E-state index is 0.235. The molecule has 7 heteroatoms. The highest BCUT2D eigenvalue weighted by Crippen LogP contribution is 2.61. The van der Waals surface area contributed by atoms with Gasteiger partial charge < -0.3 is 10.6 Å². The van der Waals surface area contributed by atoms with Crippen molar-refractivity contribution in [2.45, 2.75) is 52.9 Å². The molecular weight excluding hydrogens is 392 g/mol. The fourth-order valence-corrected chi connectivity index (χ4v) is 5.99. The van der Waals surface area contributed by atoms with Crippen LogP contribution >= 0.6 is 11.3 Å². The Bertz CT molecular complexity index is 1060. The maximum atomic E-state index is 4.69. The number of nitrogens with one attached hydrogen (secondary N) is 2. The highest BCUT2D eigenvalue weighted by molar-refractivity contribution is 7.16. The van der Waals surface area contributed by atoms with Gasteiger partial charge >= 0.3 is 0 Å². The molecule has 2 bridgehead atoms. The predicted molar refractivity (Wildman–Crippen MR) is 123 cm³/mol. The molecule has 1 aromatic carbocycles. The van der Waals surface area contributed by atoms with Gasteiger partial charge in [-0.15, -0.1) is 11.3 Å². The van der Waals surface area contributed by atoms with Gasteiger partial charge in [-0.25, -0.2) is 4.98 Å². The van der Waals surface area contributed by atoms with Gasteiger partial charge in [-0.2, -0.15) is 15.0 Å². The Labute approximate surface area is 182 Å². The van der Waals surface area contributed by atoms with Crippen molar-refractivity contribution in [2.24, 2.45) is 23.2 Å². The molecule has 0 radical (unpaired) electrons. The standard InChI is InChI=1S/C23H30N6S/c1-13(2)20-27-21(24-11-14-5-6-15-9-17(14)23(15,3)4)29-22(28-20)26-16-7-8-18-19(10-16)30-12-25-18/h7-8,10,12-15,17H,5-6,9,11H2,1-4H3,(H2,24,26,27,28,29). The molecule has 158 valence electrons. The summed E-state index contributed by atoms with van der Waals surface area (Å²) in [6.07, 6.45) is 4.06. The van der Waals surface area contributed by atoms with Gasteiger partial charge in [0.1, 0.15) is 5.82 Å². The van der Waals surface area contributed by atoms with Gasteiger partial charge in [0.25, 0.3) is 0 Å². The van der Waals surface area contributed by atoms with E-state index in [2.05, 4.69) is 59.3 Å². The first-order valence-electron chi connectivity index (χ1n) is 11.0. The zero-order valence-corrected chi connectivity index (χ0v) is 19.0. The minimum atomic E-state index is 0.235. The molecule has 2 heterocycles. The Kier molecular flexibility index (Phi) is 4.88. The molecule has 3 atom stereocenters. The van der Waals surface area contributed by atoms with Gasteiger partial charge in [0.2, 0.25) is 11.9 Å². The SMILES string of the molecule is CC(C)c1nc(NCC2CCC3CC2C3(C)C)nc(Nc2ccc3ncsc3c2)n1. The van der Waals surface area contributed by atoms with Crippen LogP contribution in [0.5, 0.6) is 0 Å². The maximum Gasteiger partial charge on any atom is 0.232 e. The molecule has 0 spiro atoms. The molecule has 0 saturated heterocycles. The molecule has 3 saturated carbocycles. The highest BCUT2D eigenvalue weighted by Gasteiger charge is 2.53. The fourth-order valence-electron chi connectivity index (χ4n) is 5.28. The monoisotopic (exact) mass is 422 g/mol. The first-order valence-corrected chi connectivity index (χ1v) is 11.9. The van der Waals surface area contributed by atoms with Gasteiger partial charge in [-0.05, 0) is 60.6 Å². The average Bonchev–Trinajstić information content (AvgIpc) is 3.20. The smallest absolute Gasteiger partial charge is 0.232 e. The van der Waals surface area contributed by atoms with Crippen molar-refractivity contribution in [1.29, 1.82) is 0 Å². The van der Waals surface area contributed by atoms with E-state index >= 15 is 0 Å². The molecule has 30 heavy (non-hydrogen) atoms. The van der Waals surface area contributed by atoms with Crippen molar-refractivity contribution in [3.8, 4) is 0 Å². The summed E-state index contributed by atoms with van der Waals surface area (Å²) in [6, 6.07) is 6.13. The van der Waals surface area contributed by atoms with Crippen LogP contribution < -0.4 is 10.6 Å². The number of fused-ring (bicyclic) bond motifs is 3. The molecule has 0 amide bonds. The molecule has 2 aromatic heterocycles. The van der Waals surface area contributed by atoms with E-state index in [4.69, 9.17) is 4.98 Å². The summed E-state index contributed by atoms with van der Waals surface area (Å²) in [5, 5.41) is 6.91. The van der Waals surface area contributed by atoms with Gasteiger partial charge in [-0.1, -0.05) is 27.7 Å². The zero-order chi connectivity index (χ0) is 20.9. The molecule has 6 nitrogen and oxygen atoms in total. The number of hydrogen-bond acceptors (Lipinski definition) is 7. The predicted octanol–water partition coefficient (Wildman–Crippen LogP) is 5.83. The first kappa shape index (κ1) is 19.7. The third-order valence-corrected chi connectivity index (χ3v) is 8.07. The summed E-state index contributed by atoms with van der Waals surface area (Å²) in [6.45, 7) is 10.1. The van der Waals surface area contributed by atoms with Gasteiger partial charge in [0.15, 0.2) is 0 Å². The number of nitrogens with zero attached hydrogens (tertiary/aromatic N) is 4. The molecule has 3 fully saturated rings. The Morgan fingerprint density at radius 1 is 1.13 bits per heavy atom. The van der Waals surface area contributed by atoms with E-state index in [1.54, 1.807) is 11.3 Å². The molecule has 3 aliphatic carbocycles. The molecule has 3 aromatic rings. The number of thiazole rings is 1. The van der Waals surface area contributed by atoms with E-state index in [0.29, 0.717) is 23.2 Å². The van der Waals surface area contributed by atoms with Crippen molar-refractivity contribution in [2.75, 3.05) is 17.2 Å². The van der Waals surface area contributed by atoms with Crippen molar-refractivity contribution in [3.63, 3.8) is 0 Å². The third kappa shape index (κ3) is 3.53. The van der Waals surface area contributed by atoms with E-state index in [1.807, 2.05) is 17.6 Å². The van der Waals surface area contributed by atoms with E-state index in [9.17, 15) is 0 Å². The van der Waals surface area contributed by atoms with E-state index in [0.717, 1.165) is 40.1 Å². The van der Waals surface area contributed by atoms with E-state index in [1.165, 1.54) is 19.3 Å². The van der Waals surface area contributed by atoms with Crippen LogP contribution in [0.3, 0.4) is 0 Å². The van der Waals surface area contributed by atoms with Crippen molar-refractivity contribution < 1.29 is 0 Å². The summed E-state index contributed by atoms with van der Waals surface area (Å²) in [7, 11) is 0. The molecule has 3 unspecified atom stereocenters. The molecular formula is C23H30N6S. The largest absolute Gasteiger partial charge is 0.354 e. The van der Waals surface area contributed by atoms with Gasteiger partial charge in [0.05, 0.1) is 15.7 Å². The first-order chi connectivity index (χ1) is 14.4. The van der Waals surface area contributed by atoms with Crippen LogP contribution in [-0.4, -0.2) is 26.5 Å². The number of rotatable bonds is 6. The van der Waals surface area contributed by atoms with E-state index in [-0.39, 0.29) is 5.92 Å². The Balaban J connectivity index is 1.34. The molecule has 2 N–H and O–H groups in total. The summed E-state index contributed by atoms with van der Waals surface area (Å²) >= 11 is 1.63. The Hall–Kier alpha value is -2.28. The van der Waals surface area contributed by atoms with Crippen molar-refractivity contribution in [3.05, 3.63) is 29.5 Å². The topological polar surface area (TPSA) is 75.6 Å². The molecule has 6 rings (SSSR count). The van der Waals surface area contributed by atoms with Crippen LogP contribution in [0.1, 0.15) is 58.7 Å². The van der Waals surface area contributed by atoms with Crippen LogP contribution in [0.15, 0.2) is 23.7 Å². The lowest BCUT2D eigenvalue weighted by atomic mass is 9.45. The Morgan fingerprint density at radius 3 is 2.73 bits per heavy atom. The number of aromatic nitrogens is 4. The lowest BCUT2D eigenvalue weighted by Gasteiger charge is -2.60. The second-order valence-electron chi connectivity index (χ2n) is 9.73. The van der Waals surface area contributed by atoms with Crippen molar-refractivity contribution in [1.82, 2.24) is 19.9 Å². The highest BCUT2D eigenvalue weighted by atomic mass is 32.1. The van der Waals surface area contributed by atoms with E-state index < -0.39 is 0 Å². The summed E-state index contributed by atoms with van der Waals surface area (Å²) < 4.78 is 1.15. The number of benzene rings is 1. The second kappa shape index (κ2) is 7.45. The van der Waals surface area contributed by atoms with Crippen LogP contribution in [0.2, 0.25) is 0 Å². The van der Waals surface area contributed by atoms with Crippen LogP contribution in [0, 0.1) is 23.2 Å². The fraction of sp³-hybridized carbons (Fsp3) is 0.565. The van der Waals surface area contributed by atoms with Crippen LogP contribution in [0.4, 0.5) is 17.6 Å². The molecule has 0 aliphatic heterocycles. The maximum absolute atomic E-state index is 4.69. The molecule has 3 aliphatic rings. The lowest BCUT2D eigenvalue weighted by molar-refractivity contribution is -0.100. The van der Waals surface area contributed by atoms with Crippen molar-refractivity contribution >= 4 is 39.1 Å². The number of hydrogen-bond donors (Lipinski definition) is 2. The van der Waals surface area contributed by atoms with Crippen LogP contribution in [-0.2, 0) is 0 Å².